The first-order valence-electron chi connectivity index (χ1n) is 5.09. The number of aliphatic hydroxyl groups excluding tert-OH is 1. The minimum atomic E-state index is -0.0143. The molecule has 2 heteroatoms. The van der Waals surface area contributed by atoms with Crippen LogP contribution in [-0.2, 0) is 0 Å². The standard InChI is InChI=1S/C11H21NO/c1-9(2)4-5-12(3)8-10-6-11(13)7-10/h10-11,13H,1,4-8H2,2-3H3. The van der Waals surface area contributed by atoms with Gasteiger partial charge < -0.3 is 10.0 Å². The summed E-state index contributed by atoms with van der Waals surface area (Å²) in [6.45, 7) is 8.18. The minimum Gasteiger partial charge on any atom is -0.393 e. The Balaban J connectivity index is 2.04. The Morgan fingerprint density at radius 2 is 2.15 bits per heavy atom. The van der Waals surface area contributed by atoms with Crippen LogP contribution in [0.4, 0.5) is 0 Å². The molecule has 13 heavy (non-hydrogen) atoms. The summed E-state index contributed by atoms with van der Waals surface area (Å²) in [6.07, 6.45) is 3.07. The second-order valence-corrected chi connectivity index (χ2v) is 4.46. The molecule has 1 aliphatic rings. The van der Waals surface area contributed by atoms with Gasteiger partial charge in [0.05, 0.1) is 6.10 Å². The van der Waals surface area contributed by atoms with Crippen LogP contribution >= 0.6 is 0 Å². The molecule has 1 saturated carbocycles. The molecule has 0 aromatic carbocycles. The quantitative estimate of drug-likeness (QED) is 0.655. The summed E-state index contributed by atoms with van der Waals surface area (Å²) in [4.78, 5) is 2.34. The first kappa shape index (κ1) is 10.7. The van der Waals surface area contributed by atoms with E-state index in [0.717, 1.165) is 38.3 Å². The highest BCUT2D eigenvalue weighted by molar-refractivity contribution is 4.89. The van der Waals surface area contributed by atoms with Crippen molar-refractivity contribution in [3.8, 4) is 0 Å². The van der Waals surface area contributed by atoms with Crippen LogP contribution in [0.25, 0.3) is 0 Å². The summed E-state index contributed by atoms with van der Waals surface area (Å²) >= 11 is 0. The minimum absolute atomic E-state index is 0.0143. The lowest BCUT2D eigenvalue weighted by Gasteiger charge is -2.34. The molecular formula is C11H21NO. The second kappa shape index (κ2) is 4.77. The zero-order valence-electron chi connectivity index (χ0n) is 8.79. The van der Waals surface area contributed by atoms with Crippen LogP contribution in [0.5, 0.6) is 0 Å². The van der Waals surface area contributed by atoms with Crippen LogP contribution in [0.3, 0.4) is 0 Å². The van der Waals surface area contributed by atoms with Crippen molar-refractivity contribution >= 4 is 0 Å². The second-order valence-electron chi connectivity index (χ2n) is 4.46. The van der Waals surface area contributed by atoms with Crippen molar-refractivity contribution in [3.05, 3.63) is 12.2 Å². The van der Waals surface area contributed by atoms with E-state index in [1.54, 1.807) is 0 Å². The molecule has 2 nitrogen and oxygen atoms in total. The Hall–Kier alpha value is -0.340. The molecule has 0 bridgehead atoms. The highest BCUT2D eigenvalue weighted by atomic mass is 16.3. The van der Waals surface area contributed by atoms with Gasteiger partial charge >= 0.3 is 0 Å². The van der Waals surface area contributed by atoms with Gasteiger partial charge in [0.15, 0.2) is 0 Å². The predicted molar refractivity (Wildman–Crippen MR) is 55.7 cm³/mol. The number of rotatable bonds is 5. The Labute approximate surface area is 81.2 Å². The van der Waals surface area contributed by atoms with Crippen molar-refractivity contribution in [3.63, 3.8) is 0 Å². The molecule has 0 heterocycles. The summed E-state index contributed by atoms with van der Waals surface area (Å²) in [5.74, 6) is 0.727. The van der Waals surface area contributed by atoms with Gasteiger partial charge in [0, 0.05) is 13.1 Å². The van der Waals surface area contributed by atoms with Crippen LogP contribution in [0.15, 0.2) is 12.2 Å². The molecule has 1 N–H and O–H groups in total. The first-order chi connectivity index (χ1) is 6.08. The van der Waals surface area contributed by atoms with Crippen LogP contribution in [0.1, 0.15) is 26.2 Å². The normalized spacial score (nSPS) is 27.4. The average Bonchev–Trinajstić information content (AvgIpc) is 1.98. The molecule has 1 fully saturated rings. The zero-order valence-corrected chi connectivity index (χ0v) is 8.79. The molecule has 0 unspecified atom stereocenters. The third-order valence-corrected chi connectivity index (χ3v) is 2.70. The van der Waals surface area contributed by atoms with Crippen molar-refractivity contribution in [1.29, 1.82) is 0 Å². The van der Waals surface area contributed by atoms with E-state index in [2.05, 4.69) is 25.5 Å². The van der Waals surface area contributed by atoms with Gasteiger partial charge in [0.25, 0.3) is 0 Å². The van der Waals surface area contributed by atoms with E-state index >= 15 is 0 Å². The van der Waals surface area contributed by atoms with Gasteiger partial charge in [0.2, 0.25) is 0 Å². The molecule has 76 valence electrons. The van der Waals surface area contributed by atoms with Gasteiger partial charge in [0.1, 0.15) is 0 Å². The van der Waals surface area contributed by atoms with E-state index in [4.69, 9.17) is 5.11 Å². The molecule has 1 aliphatic carbocycles. The molecule has 1 rings (SSSR count). The van der Waals surface area contributed by atoms with Crippen LogP contribution in [0, 0.1) is 5.92 Å². The van der Waals surface area contributed by atoms with E-state index < -0.39 is 0 Å². The highest BCUT2D eigenvalue weighted by Gasteiger charge is 2.27. The Morgan fingerprint density at radius 1 is 1.54 bits per heavy atom. The third-order valence-electron chi connectivity index (χ3n) is 2.70. The lowest BCUT2D eigenvalue weighted by atomic mass is 9.82. The monoisotopic (exact) mass is 183 g/mol. The molecule has 0 aromatic heterocycles. The number of hydrogen-bond acceptors (Lipinski definition) is 2. The molecule has 0 radical (unpaired) electrons. The summed E-state index contributed by atoms with van der Waals surface area (Å²) in [5.41, 5.74) is 1.25. The number of aliphatic hydroxyl groups is 1. The van der Waals surface area contributed by atoms with E-state index in [1.165, 1.54) is 5.57 Å². The maximum absolute atomic E-state index is 9.12. The van der Waals surface area contributed by atoms with E-state index in [9.17, 15) is 0 Å². The topological polar surface area (TPSA) is 23.5 Å². The molecule has 0 amide bonds. The average molecular weight is 183 g/mol. The highest BCUT2D eigenvalue weighted by Crippen LogP contribution is 2.27. The number of nitrogens with zero attached hydrogens (tertiary/aromatic N) is 1. The fourth-order valence-corrected chi connectivity index (χ4v) is 1.76. The smallest absolute Gasteiger partial charge is 0.0546 e. The Bertz CT molecular complexity index is 173. The maximum atomic E-state index is 9.12. The molecule has 0 aliphatic heterocycles. The molecule has 0 aromatic rings. The van der Waals surface area contributed by atoms with Gasteiger partial charge in [-0.1, -0.05) is 5.57 Å². The Morgan fingerprint density at radius 3 is 2.62 bits per heavy atom. The molecular weight excluding hydrogens is 162 g/mol. The number of hydrogen-bond donors (Lipinski definition) is 1. The summed E-state index contributed by atoms with van der Waals surface area (Å²) in [5, 5.41) is 9.12. The zero-order chi connectivity index (χ0) is 9.84. The SMILES string of the molecule is C=C(C)CCN(C)CC1CC(O)C1. The van der Waals surface area contributed by atoms with Crippen molar-refractivity contribution in [2.75, 3.05) is 20.1 Å². The van der Waals surface area contributed by atoms with Crippen molar-refractivity contribution in [2.45, 2.75) is 32.3 Å². The lowest BCUT2D eigenvalue weighted by Crippen LogP contribution is -2.37. The summed E-state index contributed by atoms with van der Waals surface area (Å²) in [6, 6.07) is 0. The lowest BCUT2D eigenvalue weighted by molar-refractivity contribution is 0.0285. The van der Waals surface area contributed by atoms with Crippen molar-refractivity contribution in [1.82, 2.24) is 4.90 Å². The third kappa shape index (κ3) is 3.92. The summed E-state index contributed by atoms with van der Waals surface area (Å²) in [7, 11) is 2.15. The Kier molecular flexibility index (Phi) is 3.94. The largest absolute Gasteiger partial charge is 0.393 e. The van der Waals surface area contributed by atoms with Gasteiger partial charge in [-0.25, -0.2) is 0 Å². The van der Waals surface area contributed by atoms with Crippen LogP contribution in [0.2, 0.25) is 0 Å². The predicted octanol–water partition coefficient (Wildman–Crippen LogP) is 1.66. The van der Waals surface area contributed by atoms with Crippen LogP contribution in [-0.4, -0.2) is 36.2 Å². The van der Waals surface area contributed by atoms with Gasteiger partial charge in [-0.3, -0.25) is 0 Å². The summed E-state index contributed by atoms with van der Waals surface area (Å²) < 4.78 is 0. The molecule has 0 atom stereocenters. The molecule has 0 saturated heterocycles. The maximum Gasteiger partial charge on any atom is 0.0546 e. The van der Waals surface area contributed by atoms with Crippen molar-refractivity contribution in [2.24, 2.45) is 5.92 Å². The van der Waals surface area contributed by atoms with Crippen molar-refractivity contribution < 1.29 is 5.11 Å². The van der Waals surface area contributed by atoms with E-state index in [1.807, 2.05) is 0 Å². The van der Waals surface area contributed by atoms with Gasteiger partial charge in [-0.15, -0.1) is 6.58 Å². The van der Waals surface area contributed by atoms with Gasteiger partial charge in [-0.2, -0.15) is 0 Å². The molecule has 0 spiro atoms. The van der Waals surface area contributed by atoms with E-state index in [0.29, 0.717) is 0 Å². The van der Waals surface area contributed by atoms with Gasteiger partial charge in [-0.05, 0) is 39.2 Å². The fourth-order valence-electron chi connectivity index (χ4n) is 1.76. The van der Waals surface area contributed by atoms with Crippen LogP contribution < -0.4 is 0 Å². The fraction of sp³-hybridized carbons (Fsp3) is 0.818. The first-order valence-corrected chi connectivity index (χ1v) is 5.09. The van der Waals surface area contributed by atoms with E-state index in [-0.39, 0.29) is 6.10 Å².